The Bertz CT molecular complexity index is 536. The average molecular weight is 296 g/mol. The molecule has 1 aliphatic heterocycles. The van der Waals surface area contributed by atoms with Crippen molar-refractivity contribution in [3.63, 3.8) is 0 Å². The summed E-state index contributed by atoms with van der Waals surface area (Å²) >= 11 is 0. The Labute approximate surface area is 122 Å². The fraction of sp³-hybridized carbons (Fsp3) is 0.467. The fourth-order valence-corrected chi connectivity index (χ4v) is 2.18. The number of amides is 2. The molecule has 0 saturated carbocycles. The van der Waals surface area contributed by atoms with E-state index < -0.39 is 29.1 Å². The zero-order chi connectivity index (χ0) is 15.6. The number of benzene rings is 1. The van der Waals surface area contributed by atoms with Gasteiger partial charge in [0.2, 0.25) is 5.91 Å². The molecule has 0 spiro atoms. The van der Waals surface area contributed by atoms with E-state index in [1.165, 1.54) is 6.07 Å². The molecule has 114 valence electrons. The first-order chi connectivity index (χ1) is 9.91. The van der Waals surface area contributed by atoms with Gasteiger partial charge in [-0.05, 0) is 24.5 Å². The molecule has 2 rings (SSSR count). The quantitative estimate of drug-likeness (QED) is 0.923. The molecule has 1 saturated heterocycles. The first-order valence-electron chi connectivity index (χ1n) is 6.95. The van der Waals surface area contributed by atoms with Gasteiger partial charge in [0, 0.05) is 13.1 Å². The maximum Gasteiger partial charge on any atom is 0.257 e. The second-order valence-corrected chi connectivity index (χ2v) is 5.47. The molecule has 0 aliphatic carbocycles. The molecule has 4 nitrogen and oxygen atoms in total. The van der Waals surface area contributed by atoms with Crippen LogP contribution >= 0.6 is 0 Å². The van der Waals surface area contributed by atoms with E-state index in [0.29, 0.717) is 13.1 Å². The molecule has 2 amide bonds. The van der Waals surface area contributed by atoms with Crippen molar-refractivity contribution < 1.29 is 18.4 Å². The van der Waals surface area contributed by atoms with Crippen molar-refractivity contribution in [3.05, 3.63) is 35.4 Å². The highest BCUT2D eigenvalue weighted by molar-refractivity contribution is 5.98. The number of hydrogen-bond acceptors (Lipinski definition) is 2. The van der Waals surface area contributed by atoms with Crippen LogP contribution in [0.1, 0.15) is 30.6 Å². The van der Waals surface area contributed by atoms with E-state index in [-0.39, 0.29) is 11.8 Å². The number of likely N-dealkylation sites (tertiary alicyclic amines) is 1. The highest BCUT2D eigenvalue weighted by Gasteiger charge is 2.32. The Kier molecular flexibility index (Phi) is 4.55. The van der Waals surface area contributed by atoms with Crippen LogP contribution < -0.4 is 5.32 Å². The highest BCUT2D eigenvalue weighted by atomic mass is 19.1. The fourth-order valence-electron chi connectivity index (χ4n) is 2.18. The molecule has 21 heavy (non-hydrogen) atoms. The van der Waals surface area contributed by atoms with Gasteiger partial charge in [0.05, 0.1) is 0 Å². The van der Waals surface area contributed by atoms with Crippen molar-refractivity contribution in [1.82, 2.24) is 10.2 Å². The van der Waals surface area contributed by atoms with Gasteiger partial charge in [0.25, 0.3) is 5.91 Å². The highest BCUT2D eigenvalue weighted by Crippen LogP contribution is 2.16. The van der Waals surface area contributed by atoms with E-state index in [0.717, 1.165) is 18.6 Å². The van der Waals surface area contributed by atoms with Gasteiger partial charge in [0.1, 0.15) is 23.2 Å². The van der Waals surface area contributed by atoms with E-state index in [4.69, 9.17) is 0 Å². The lowest BCUT2D eigenvalue weighted by atomic mass is 10.0. The van der Waals surface area contributed by atoms with Crippen LogP contribution in [0, 0.1) is 17.6 Å². The minimum atomic E-state index is -0.939. The monoisotopic (exact) mass is 296 g/mol. The number of carbonyl (C=O) groups excluding carboxylic acids is 2. The van der Waals surface area contributed by atoms with Crippen molar-refractivity contribution in [3.8, 4) is 0 Å². The zero-order valence-electron chi connectivity index (χ0n) is 12.0. The molecule has 0 radical (unpaired) electrons. The Morgan fingerprint density at radius 2 is 1.76 bits per heavy atom. The van der Waals surface area contributed by atoms with E-state index in [1.807, 2.05) is 0 Å². The SMILES string of the molecule is CC(C)[C@@H](NC(=O)c1c(F)cccc1F)C(=O)N1CCC1. The topological polar surface area (TPSA) is 49.4 Å². The van der Waals surface area contributed by atoms with E-state index in [2.05, 4.69) is 5.32 Å². The summed E-state index contributed by atoms with van der Waals surface area (Å²) in [6, 6.07) is 2.43. The number of rotatable bonds is 4. The molecule has 1 atom stereocenters. The standard InChI is InChI=1S/C15H18F2N2O2/c1-9(2)13(15(21)19-7-4-8-19)18-14(20)12-10(16)5-3-6-11(12)17/h3,5-6,9,13H,4,7-8H2,1-2H3,(H,18,20)/t13-/m1/s1. The second-order valence-electron chi connectivity index (χ2n) is 5.47. The summed E-state index contributed by atoms with van der Waals surface area (Å²) in [5.74, 6) is -3.16. The Morgan fingerprint density at radius 1 is 1.19 bits per heavy atom. The van der Waals surface area contributed by atoms with Crippen LogP contribution in [0.3, 0.4) is 0 Å². The molecule has 1 N–H and O–H groups in total. The van der Waals surface area contributed by atoms with Gasteiger partial charge in [-0.1, -0.05) is 19.9 Å². The lowest BCUT2D eigenvalue weighted by Gasteiger charge is -2.35. The van der Waals surface area contributed by atoms with Crippen LogP contribution in [0.4, 0.5) is 8.78 Å². The number of carbonyl (C=O) groups is 2. The third-order valence-corrected chi connectivity index (χ3v) is 3.58. The Hall–Kier alpha value is -1.98. The summed E-state index contributed by atoms with van der Waals surface area (Å²) in [5.41, 5.74) is -0.653. The molecular formula is C15H18F2N2O2. The first kappa shape index (κ1) is 15.4. The van der Waals surface area contributed by atoms with Crippen molar-refractivity contribution in [1.29, 1.82) is 0 Å². The van der Waals surface area contributed by atoms with Crippen molar-refractivity contribution in [2.45, 2.75) is 26.3 Å². The summed E-state index contributed by atoms with van der Waals surface area (Å²) in [6.45, 7) is 4.87. The summed E-state index contributed by atoms with van der Waals surface area (Å²) in [5, 5.41) is 2.45. The third kappa shape index (κ3) is 3.20. The smallest absolute Gasteiger partial charge is 0.257 e. The average Bonchev–Trinajstić information content (AvgIpc) is 2.33. The number of halogens is 2. The summed E-state index contributed by atoms with van der Waals surface area (Å²) in [6.07, 6.45) is 0.937. The predicted molar refractivity (Wildman–Crippen MR) is 73.6 cm³/mol. The van der Waals surface area contributed by atoms with Crippen molar-refractivity contribution in [2.24, 2.45) is 5.92 Å². The molecule has 0 unspecified atom stereocenters. The van der Waals surface area contributed by atoms with Gasteiger partial charge < -0.3 is 10.2 Å². The lowest BCUT2D eigenvalue weighted by Crippen LogP contribution is -2.55. The van der Waals surface area contributed by atoms with Crippen LogP contribution in [0.5, 0.6) is 0 Å². The molecule has 1 aromatic carbocycles. The van der Waals surface area contributed by atoms with E-state index in [9.17, 15) is 18.4 Å². The first-order valence-corrected chi connectivity index (χ1v) is 6.95. The van der Waals surface area contributed by atoms with Crippen LogP contribution in [0.15, 0.2) is 18.2 Å². The van der Waals surface area contributed by atoms with Gasteiger partial charge >= 0.3 is 0 Å². The number of nitrogens with zero attached hydrogens (tertiary/aromatic N) is 1. The Morgan fingerprint density at radius 3 is 2.19 bits per heavy atom. The van der Waals surface area contributed by atoms with Gasteiger partial charge in [-0.3, -0.25) is 9.59 Å². The van der Waals surface area contributed by atoms with Crippen LogP contribution in [0.25, 0.3) is 0 Å². The minimum absolute atomic E-state index is 0.170. The largest absolute Gasteiger partial charge is 0.341 e. The Balaban J connectivity index is 2.16. The van der Waals surface area contributed by atoms with Crippen molar-refractivity contribution in [2.75, 3.05) is 13.1 Å². The maximum absolute atomic E-state index is 13.6. The summed E-state index contributed by atoms with van der Waals surface area (Å²) in [7, 11) is 0. The molecule has 1 heterocycles. The predicted octanol–water partition coefficient (Wildman–Crippen LogP) is 1.95. The molecule has 1 fully saturated rings. The van der Waals surface area contributed by atoms with Gasteiger partial charge in [-0.2, -0.15) is 0 Å². The minimum Gasteiger partial charge on any atom is -0.341 e. The van der Waals surface area contributed by atoms with Gasteiger partial charge in [-0.25, -0.2) is 8.78 Å². The normalized spacial score (nSPS) is 15.6. The lowest BCUT2D eigenvalue weighted by molar-refractivity contribution is -0.137. The second kappa shape index (κ2) is 6.20. The zero-order valence-corrected chi connectivity index (χ0v) is 12.0. The van der Waals surface area contributed by atoms with E-state index >= 15 is 0 Å². The molecule has 1 aliphatic rings. The number of hydrogen-bond donors (Lipinski definition) is 1. The third-order valence-electron chi connectivity index (χ3n) is 3.58. The van der Waals surface area contributed by atoms with Crippen LogP contribution in [-0.4, -0.2) is 35.8 Å². The molecule has 0 aromatic heterocycles. The molecule has 6 heteroatoms. The van der Waals surface area contributed by atoms with E-state index in [1.54, 1.807) is 18.7 Å². The number of nitrogens with one attached hydrogen (secondary N) is 1. The molecule has 0 bridgehead atoms. The maximum atomic E-state index is 13.6. The van der Waals surface area contributed by atoms with Crippen LogP contribution in [0.2, 0.25) is 0 Å². The molecular weight excluding hydrogens is 278 g/mol. The van der Waals surface area contributed by atoms with Crippen LogP contribution in [-0.2, 0) is 4.79 Å². The summed E-state index contributed by atoms with van der Waals surface area (Å²) < 4.78 is 27.2. The molecule has 1 aromatic rings. The van der Waals surface area contributed by atoms with Gasteiger partial charge in [0.15, 0.2) is 0 Å². The summed E-state index contributed by atoms with van der Waals surface area (Å²) in [4.78, 5) is 25.9. The van der Waals surface area contributed by atoms with Crippen molar-refractivity contribution >= 4 is 11.8 Å². The van der Waals surface area contributed by atoms with Gasteiger partial charge in [-0.15, -0.1) is 0 Å².